The Morgan fingerprint density at radius 2 is 1.95 bits per heavy atom. The fourth-order valence-electron chi connectivity index (χ4n) is 1.58. The highest BCUT2D eigenvalue weighted by molar-refractivity contribution is 4.92. The van der Waals surface area contributed by atoms with Gasteiger partial charge >= 0.3 is 6.18 Å². The fraction of sp³-hybridized carbons (Fsp3) is 0.846. The van der Waals surface area contributed by atoms with Crippen LogP contribution in [0, 0.1) is 5.41 Å². The Labute approximate surface area is 113 Å². The lowest BCUT2D eigenvalue weighted by atomic mass is 9.85. The van der Waals surface area contributed by atoms with E-state index in [1.165, 1.54) is 0 Å². The van der Waals surface area contributed by atoms with Gasteiger partial charge in [-0.1, -0.05) is 13.0 Å². The maximum atomic E-state index is 11.9. The summed E-state index contributed by atoms with van der Waals surface area (Å²) in [4.78, 5) is 0. The molecule has 0 rings (SSSR count). The molecule has 1 N–H and O–H groups in total. The SMILES string of the molecule is C=CC(C)(CCCOCC(F)(F)F)CNCCOC. The van der Waals surface area contributed by atoms with Crippen LogP contribution < -0.4 is 5.32 Å². The number of hydrogen-bond acceptors (Lipinski definition) is 3. The Bertz CT molecular complexity index is 247. The molecule has 0 aliphatic heterocycles. The summed E-state index contributed by atoms with van der Waals surface area (Å²) in [6.45, 7) is 6.82. The number of alkyl halides is 3. The number of rotatable bonds is 11. The third-order valence-corrected chi connectivity index (χ3v) is 2.81. The molecule has 0 fully saturated rings. The number of nitrogens with one attached hydrogen (secondary N) is 1. The third-order valence-electron chi connectivity index (χ3n) is 2.81. The van der Waals surface area contributed by atoms with Gasteiger partial charge < -0.3 is 14.8 Å². The number of methoxy groups -OCH3 is 1. The molecule has 114 valence electrons. The molecule has 0 saturated heterocycles. The molecule has 3 nitrogen and oxygen atoms in total. The maximum absolute atomic E-state index is 11.9. The van der Waals surface area contributed by atoms with Gasteiger partial charge in [0.2, 0.25) is 0 Å². The monoisotopic (exact) mass is 283 g/mol. The number of hydrogen-bond donors (Lipinski definition) is 1. The van der Waals surface area contributed by atoms with Gasteiger partial charge in [0.1, 0.15) is 6.61 Å². The second-order valence-electron chi connectivity index (χ2n) is 4.80. The second-order valence-corrected chi connectivity index (χ2v) is 4.80. The van der Waals surface area contributed by atoms with E-state index >= 15 is 0 Å². The van der Waals surface area contributed by atoms with Gasteiger partial charge in [0.25, 0.3) is 0 Å². The van der Waals surface area contributed by atoms with Crippen LogP contribution in [0.5, 0.6) is 0 Å². The Morgan fingerprint density at radius 1 is 1.26 bits per heavy atom. The molecule has 19 heavy (non-hydrogen) atoms. The zero-order valence-electron chi connectivity index (χ0n) is 11.7. The Balaban J connectivity index is 3.75. The van der Waals surface area contributed by atoms with Crippen molar-refractivity contribution >= 4 is 0 Å². The zero-order valence-corrected chi connectivity index (χ0v) is 11.7. The average molecular weight is 283 g/mol. The second kappa shape index (κ2) is 9.34. The van der Waals surface area contributed by atoms with E-state index < -0.39 is 12.8 Å². The Morgan fingerprint density at radius 3 is 2.47 bits per heavy atom. The summed E-state index contributed by atoms with van der Waals surface area (Å²) in [6, 6.07) is 0. The lowest BCUT2D eigenvalue weighted by molar-refractivity contribution is -0.174. The first-order valence-corrected chi connectivity index (χ1v) is 6.31. The van der Waals surface area contributed by atoms with Crippen LogP contribution in [0.2, 0.25) is 0 Å². The van der Waals surface area contributed by atoms with Gasteiger partial charge in [0, 0.05) is 26.8 Å². The van der Waals surface area contributed by atoms with Gasteiger partial charge in [0.15, 0.2) is 0 Å². The molecule has 0 radical (unpaired) electrons. The smallest absolute Gasteiger partial charge is 0.383 e. The van der Waals surface area contributed by atoms with E-state index in [-0.39, 0.29) is 12.0 Å². The van der Waals surface area contributed by atoms with Crippen molar-refractivity contribution in [3.63, 3.8) is 0 Å². The van der Waals surface area contributed by atoms with Crippen molar-refractivity contribution in [3.8, 4) is 0 Å². The highest BCUT2D eigenvalue weighted by Crippen LogP contribution is 2.24. The van der Waals surface area contributed by atoms with Gasteiger partial charge in [0.05, 0.1) is 6.61 Å². The highest BCUT2D eigenvalue weighted by atomic mass is 19.4. The van der Waals surface area contributed by atoms with Crippen LogP contribution in [0.3, 0.4) is 0 Å². The average Bonchev–Trinajstić information content (AvgIpc) is 2.33. The van der Waals surface area contributed by atoms with Crippen LogP contribution >= 0.6 is 0 Å². The molecule has 0 saturated carbocycles. The van der Waals surface area contributed by atoms with E-state index in [0.717, 1.165) is 19.5 Å². The predicted molar refractivity (Wildman–Crippen MR) is 69.2 cm³/mol. The van der Waals surface area contributed by atoms with Crippen molar-refractivity contribution in [1.29, 1.82) is 0 Å². The summed E-state index contributed by atoms with van der Waals surface area (Å²) in [7, 11) is 1.63. The van der Waals surface area contributed by atoms with Gasteiger partial charge in [-0.25, -0.2) is 0 Å². The first-order chi connectivity index (χ1) is 8.83. The van der Waals surface area contributed by atoms with Crippen molar-refractivity contribution in [1.82, 2.24) is 5.32 Å². The van der Waals surface area contributed by atoms with Crippen LogP contribution in [0.1, 0.15) is 19.8 Å². The molecule has 0 aliphatic rings. The molecule has 0 aromatic rings. The quantitative estimate of drug-likeness (QED) is 0.467. The Hall–Kier alpha value is -0.590. The maximum Gasteiger partial charge on any atom is 0.411 e. The molecule has 1 unspecified atom stereocenters. The van der Waals surface area contributed by atoms with Gasteiger partial charge in [-0.3, -0.25) is 0 Å². The molecule has 0 spiro atoms. The Kier molecular flexibility index (Phi) is 9.05. The summed E-state index contributed by atoms with van der Waals surface area (Å²) in [5, 5.41) is 3.23. The van der Waals surface area contributed by atoms with Crippen LogP contribution in [0.15, 0.2) is 12.7 Å². The zero-order chi connectivity index (χ0) is 14.8. The van der Waals surface area contributed by atoms with E-state index in [1.54, 1.807) is 7.11 Å². The lowest BCUT2D eigenvalue weighted by Gasteiger charge is -2.26. The molecule has 0 bridgehead atoms. The van der Waals surface area contributed by atoms with E-state index in [0.29, 0.717) is 13.0 Å². The largest absolute Gasteiger partial charge is 0.411 e. The van der Waals surface area contributed by atoms with Crippen molar-refractivity contribution in [2.45, 2.75) is 25.9 Å². The number of halogens is 3. The van der Waals surface area contributed by atoms with E-state index in [9.17, 15) is 13.2 Å². The van der Waals surface area contributed by atoms with Crippen LogP contribution in [0.25, 0.3) is 0 Å². The minimum atomic E-state index is -4.25. The molecule has 0 aromatic heterocycles. The molecular formula is C13H24F3NO2. The summed E-state index contributed by atoms with van der Waals surface area (Å²) < 4.78 is 45.1. The van der Waals surface area contributed by atoms with Crippen molar-refractivity contribution in [3.05, 3.63) is 12.7 Å². The third kappa shape index (κ3) is 11.0. The number of ether oxygens (including phenoxy) is 2. The van der Waals surface area contributed by atoms with Crippen molar-refractivity contribution in [2.75, 3.05) is 40.0 Å². The van der Waals surface area contributed by atoms with Gasteiger partial charge in [-0.2, -0.15) is 13.2 Å². The van der Waals surface area contributed by atoms with Gasteiger partial charge in [-0.15, -0.1) is 6.58 Å². The first-order valence-electron chi connectivity index (χ1n) is 6.31. The molecular weight excluding hydrogens is 259 g/mol. The lowest BCUT2D eigenvalue weighted by Crippen LogP contribution is -2.32. The molecule has 0 amide bonds. The van der Waals surface area contributed by atoms with E-state index in [1.807, 2.05) is 13.0 Å². The summed E-state index contributed by atoms with van der Waals surface area (Å²) in [5.41, 5.74) is -0.144. The highest BCUT2D eigenvalue weighted by Gasteiger charge is 2.27. The van der Waals surface area contributed by atoms with Crippen molar-refractivity contribution < 1.29 is 22.6 Å². The molecule has 6 heteroatoms. The predicted octanol–water partition coefficient (Wildman–Crippen LogP) is 2.77. The van der Waals surface area contributed by atoms with E-state index in [2.05, 4.69) is 16.6 Å². The minimum absolute atomic E-state index is 0.112. The molecule has 0 aliphatic carbocycles. The first kappa shape index (κ1) is 18.4. The van der Waals surface area contributed by atoms with Crippen LogP contribution in [-0.4, -0.2) is 46.2 Å². The molecule has 0 heterocycles. The standard InChI is InChI=1S/C13H24F3NO2/c1-4-12(2,10-17-7-9-18-3)6-5-8-19-11-13(14,15)16/h4,17H,1,5-11H2,2-3H3. The molecule has 0 aromatic carbocycles. The molecule has 1 atom stereocenters. The van der Waals surface area contributed by atoms with Gasteiger partial charge in [-0.05, 0) is 18.3 Å². The van der Waals surface area contributed by atoms with Crippen LogP contribution in [0.4, 0.5) is 13.2 Å². The minimum Gasteiger partial charge on any atom is -0.383 e. The normalized spacial score (nSPS) is 15.2. The summed E-state index contributed by atoms with van der Waals surface area (Å²) in [6.07, 6.45) is -1.11. The van der Waals surface area contributed by atoms with Crippen LogP contribution in [-0.2, 0) is 9.47 Å². The fourth-order valence-corrected chi connectivity index (χ4v) is 1.58. The van der Waals surface area contributed by atoms with Crippen molar-refractivity contribution in [2.24, 2.45) is 5.41 Å². The van der Waals surface area contributed by atoms with E-state index in [4.69, 9.17) is 4.74 Å². The summed E-state index contributed by atoms with van der Waals surface area (Å²) in [5.74, 6) is 0. The topological polar surface area (TPSA) is 30.5 Å². The summed E-state index contributed by atoms with van der Waals surface area (Å²) >= 11 is 0.